The second-order valence-electron chi connectivity index (χ2n) is 6.09. The van der Waals surface area contributed by atoms with Gasteiger partial charge in [-0.25, -0.2) is 4.99 Å². The van der Waals surface area contributed by atoms with E-state index in [0.717, 1.165) is 36.3 Å². The Labute approximate surface area is 170 Å². The fraction of sp³-hybridized carbons (Fsp3) is 0.333. The van der Waals surface area contributed by atoms with E-state index in [9.17, 15) is 4.79 Å². The molecule has 0 saturated heterocycles. The van der Waals surface area contributed by atoms with Gasteiger partial charge in [-0.2, -0.15) is 0 Å². The van der Waals surface area contributed by atoms with Crippen molar-refractivity contribution in [2.24, 2.45) is 4.99 Å². The maximum absolute atomic E-state index is 12.5. The highest BCUT2D eigenvalue weighted by molar-refractivity contribution is 6.12. The molecule has 2 aromatic rings. The average molecular weight is 401 g/mol. The van der Waals surface area contributed by atoms with Gasteiger partial charge >= 0.3 is 0 Å². The smallest absolute Gasteiger partial charge is 0.255 e. The number of benzene rings is 1. The highest BCUT2D eigenvalue weighted by atomic mass is 16.6. The molecule has 0 atom stereocenters. The first-order valence-electron chi connectivity index (χ1n) is 9.10. The highest BCUT2D eigenvalue weighted by Crippen LogP contribution is 2.53. The Morgan fingerprint density at radius 3 is 2.79 bits per heavy atom. The molecule has 0 aliphatic carbocycles. The number of amides is 1. The van der Waals surface area contributed by atoms with Crippen molar-refractivity contribution in [3.05, 3.63) is 47.8 Å². The lowest BCUT2D eigenvalue weighted by Crippen LogP contribution is -2.25. The zero-order chi connectivity index (χ0) is 21.4. The molecule has 2 heterocycles. The molecule has 156 valence electrons. The molecule has 0 saturated carbocycles. The normalized spacial score (nSPS) is 11.6. The predicted molar refractivity (Wildman–Crippen MR) is 112 cm³/mol. The van der Waals surface area contributed by atoms with E-state index in [0.29, 0.717) is 35.9 Å². The third-order valence-electron chi connectivity index (χ3n) is 4.23. The third kappa shape index (κ3) is 5.24. The van der Waals surface area contributed by atoms with Crippen molar-refractivity contribution in [3.8, 4) is 17.2 Å². The molecule has 3 rings (SSSR count). The molecule has 1 aliphatic heterocycles. The third-order valence-corrected chi connectivity index (χ3v) is 4.23. The number of aromatic nitrogens is 1. The number of aromatic amines is 1. The van der Waals surface area contributed by atoms with Crippen molar-refractivity contribution in [3.63, 3.8) is 0 Å². The summed E-state index contributed by atoms with van der Waals surface area (Å²) in [6.07, 6.45) is 4.06. The number of H-pyrrole nitrogens is 1. The number of rotatable bonds is 9. The van der Waals surface area contributed by atoms with E-state index in [1.54, 1.807) is 26.5 Å². The lowest BCUT2D eigenvalue weighted by molar-refractivity contribution is 0.0949. The van der Waals surface area contributed by atoms with Crippen LogP contribution in [0.4, 0.5) is 5.69 Å². The van der Waals surface area contributed by atoms with Crippen LogP contribution in [0.2, 0.25) is 0 Å². The summed E-state index contributed by atoms with van der Waals surface area (Å²) < 4.78 is 15.7. The van der Waals surface area contributed by atoms with Gasteiger partial charge < -0.3 is 29.6 Å². The van der Waals surface area contributed by atoms with Gasteiger partial charge in [-0.1, -0.05) is 6.58 Å². The Hall–Kier alpha value is -3.10. The number of carbonyl (C=O) groups is 1. The minimum Gasteiger partial charge on any atom is -0.493 e. The van der Waals surface area contributed by atoms with Gasteiger partial charge in [0.1, 0.15) is 0 Å². The van der Waals surface area contributed by atoms with Crippen LogP contribution in [-0.4, -0.2) is 56.2 Å². The molecule has 29 heavy (non-hydrogen) atoms. The molecular formula is C21H27N3O5. The lowest BCUT2D eigenvalue weighted by atomic mass is 10.1. The molecule has 0 bridgehead atoms. The first-order chi connectivity index (χ1) is 14.1. The molecule has 0 unspecified atom stereocenters. The molecule has 0 spiro atoms. The molecule has 3 N–H and O–H groups in total. The Kier molecular flexibility index (Phi) is 7.99. The van der Waals surface area contributed by atoms with Crippen molar-refractivity contribution in [1.82, 2.24) is 10.3 Å². The number of hydrogen-bond donors (Lipinski definition) is 3. The predicted octanol–water partition coefficient (Wildman–Crippen LogP) is 3.12. The van der Waals surface area contributed by atoms with E-state index in [-0.39, 0.29) is 5.91 Å². The van der Waals surface area contributed by atoms with Crippen LogP contribution in [0.25, 0.3) is 0 Å². The van der Waals surface area contributed by atoms with Gasteiger partial charge in [-0.15, -0.1) is 0 Å². The number of aliphatic hydroxyl groups excluding tert-OH is 1. The minimum atomic E-state index is -0.182. The van der Waals surface area contributed by atoms with Gasteiger partial charge in [-0.3, -0.25) is 4.79 Å². The van der Waals surface area contributed by atoms with Crippen LogP contribution in [0.3, 0.4) is 0 Å². The maximum atomic E-state index is 12.5. The van der Waals surface area contributed by atoms with Crippen molar-refractivity contribution in [1.29, 1.82) is 0 Å². The van der Waals surface area contributed by atoms with Gasteiger partial charge in [0.2, 0.25) is 5.75 Å². The number of aliphatic hydroxyl groups is 1. The van der Waals surface area contributed by atoms with Gasteiger partial charge in [0.25, 0.3) is 5.91 Å². The summed E-state index contributed by atoms with van der Waals surface area (Å²) in [6, 6.07) is 3.73. The van der Waals surface area contributed by atoms with Crippen molar-refractivity contribution in [2.75, 3.05) is 34.5 Å². The Balaban J connectivity index is 0.00000145. The average Bonchev–Trinajstić information content (AvgIpc) is 3.45. The number of allylic oxidation sites excluding steroid dienone is 1. The summed E-state index contributed by atoms with van der Waals surface area (Å²) in [5, 5.41) is 9.88. The topological polar surface area (TPSA) is 108 Å². The summed E-state index contributed by atoms with van der Waals surface area (Å²) >= 11 is 0. The first-order valence-corrected chi connectivity index (χ1v) is 9.10. The number of fused-ring (bicyclic) bond motifs is 1. The van der Waals surface area contributed by atoms with Crippen LogP contribution in [0.1, 0.15) is 28.0 Å². The molecule has 1 aromatic heterocycles. The largest absolute Gasteiger partial charge is 0.493 e. The molecule has 1 aliphatic rings. The number of nitrogens with zero attached hydrogens (tertiary/aromatic N) is 1. The minimum absolute atomic E-state index is 0.182. The first kappa shape index (κ1) is 22.2. The zero-order valence-electron chi connectivity index (χ0n) is 17.2. The Morgan fingerprint density at radius 1 is 1.38 bits per heavy atom. The molecule has 1 aromatic carbocycles. The van der Waals surface area contributed by atoms with Crippen LogP contribution in [0.15, 0.2) is 36.0 Å². The fourth-order valence-corrected chi connectivity index (χ4v) is 2.74. The van der Waals surface area contributed by atoms with E-state index in [2.05, 4.69) is 21.9 Å². The van der Waals surface area contributed by atoms with Gasteiger partial charge in [0, 0.05) is 44.8 Å². The number of carbonyl (C=O) groups excluding carboxylic acids is 1. The fourth-order valence-electron chi connectivity index (χ4n) is 2.74. The zero-order valence-corrected chi connectivity index (χ0v) is 17.2. The van der Waals surface area contributed by atoms with Crippen LogP contribution < -0.4 is 14.8 Å². The van der Waals surface area contributed by atoms with Gasteiger partial charge in [0.15, 0.2) is 11.5 Å². The molecule has 8 heteroatoms. The number of nitrogens with one attached hydrogen (secondary N) is 2. The highest BCUT2D eigenvalue weighted by Gasteiger charge is 2.27. The van der Waals surface area contributed by atoms with E-state index in [4.69, 9.17) is 19.3 Å². The van der Waals surface area contributed by atoms with E-state index >= 15 is 0 Å². The molecule has 0 radical (unpaired) electrons. The number of ether oxygens (including phenoxy) is 3. The molecular weight excluding hydrogens is 374 g/mol. The number of aliphatic imine (C=N–C) groups is 1. The molecule has 8 nitrogen and oxygen atoms in total. The van der Waals surface area contributed by atoms with Crippen LogP contribution in [0, 0.1) is 6.92 Å². The van der Waals surface area contributed by atoms with E-state index in [1.807, 2.05) is 19.1 Å². The molecule has 1 amide bonds. The van der Waals surface area contributed by atoms with Crippen LogP contribution in [-0.2, 0) is 4.74 Å². The summed E-state index contributed by atoms with van der Waals surface area (Å²) in [4.78, 5) is 20.3. The molecule has 0 fully saturated rings. The summed E-state index contributed by atoms with van der Waals surface area (Å²) in [5.41, 5.74) is 3.30. The Morgan fingerprint density at radius 2 is 2.14 bits per heavy atom. The van der Waals surface area contributed by atoms with Crippen molar-refractivity contribution >= 4 is 17.3 Å². The van der Waals surface area contributed by atoms with Crippen molar-refractivity contribution < 1.29 is 24.1 Å². The summed E-state index contributed by atoms with van der Waals surface area (Å²) in [6.45, 7) is 6.86. The lowest BCUT2D eigenvalue weighted by Gasteiger charge is -2.06. The van der Waals surface area contributed by atoms with Crippen molar-refractivity contribution in [2.45, 2.75) is 13.3 Å². The monoisotopic (exact) mass is 401 g/mol. The maximum Gasteiger partial charge on any atom is 0.255 e. The summed E-state index contributed by atoms with van der Waals surface area (Å²) in [7, 11) is 4.23. The summed E-state index contributed by atoms with van der Waals surface area (Å²) in [5.74, 6) is 1.98. The second kappa shape index (κ2) is 10.4. The van der Waals surface area contributed by atoms with Crippen LogP contribution in [0.5, 0.6) is 17.2 Å². The quantitative estimate of drug-likeness (QED) is 0.290. The number of hydrogen-bond acceptors (Lipinski definition) is 6. The second-order valence-corrected chi connectivity index (χ2v) is 6.09. The SMILES string of the molecule is C=CC(=Nc1c(C(=O)NCCCOC)c[nH]c1C)c1cc(OC)c2c(c1)O2.CO. The number of aryl methyl sites for hydroxylation is 1. The van der Waals surface area contributed by atoms with Gasteiger partial charge in [0.05, 0.1) is 24.1 Å². The van der Waals surface area contributed by atoms with E-state index in [1.165, 1.54) is 0 Å². The van der Waals surface area contributed by atoms with Crippen LogP contribution >= 0.6 is 0 Å². The Bertz CT molecular complexity index is 902. The van der Waals surface area contributed by atoms with Gasteiger partial charge in [-0.05, 0) is 31.6 Å². The standard InChI is InChI=1S/C20H23N3O4.CH4O/c1-5-15(13-9-16(26-4)19-17(10-13)27-19)23-18-12(2)22-11-14(18)20(24)21-7-6-8-25-3;1-2/h5,9-11,22H,1,6-8H2,2-4H3,(H,21,24);2H,1H3. The number of methoxy groups -OCH3 is 2. The van der Waals surface area contributed by atoms with E-state index < -0.39 is 0 Å².